The molecule has 0 saturated heterocycles. The largest absolute Gasteiger partial charge is 0.269 e. The van der Waals surface area contributed by atoms with Crippen molar-refractivity contribution < 1.29 is 4.92 Å². The van der Waals surface area contributed by atoms with Crippen LogP contribution in [0.15, 0.2) is 65.7 Å². The first kappa shape index (κ1) is 22.1. The lowest BCUT2D eigenvalue weighted by atomic mass is 10.0. The van der Waals surface area contributed by atoms with Crippen molar-refractivity contribution in [2.75, 3.05) is 0 Å². The van der Waals surface area contributed by atoms with E-state index in [0.29, 0.717) is 20.7 Å². The van der Waals surface area contributed by atoms with E-state index in [9.17, 15) is 10.1 Å². The molecule has 0 saturated carbocycles. The van der Waals surface area contributed by atoms with E-state index >= 15 is 0 Å². The van der Waals surface area contributed by atoms with Gasteiger partial charge in [-0.3, -0.25) is 10.1 Å². The number of hydrogen-bond donors (Lipinski definition) is 0. The molecule has 1 heterocycles. The Labute approximate surface area is 199 Å². The van der Waals surface area contributed by atoms with Gasteiger partial charge in [-0.25, -0.2) is 9.98 Å². The molecule has 0 radical (unpaired) electrons. The molecule has 0 aliphatic rings. The van der Waals surface area contributed by atoms with E-state index < -0.39 is 4.92 Å². The molecule has 0 amide bonds. The van der Waals surface area contributed by atoms with Crippen molar-refractivity contribution >= 4 is 51.6 Å². The van der Waals surface area contributed by atoms with Gasteiger partial charge in [0.15, 0.2) is 0 Å². The van der Waals surface area contributed by atoms with Crippen LogP contribution in [0.2, 0.25) is 10.0 Å². The van der Waals surface area contributed by atoms with E-state index in [2.05, 4.69) is 11.1 Å². The van der Waals surface area contributed by atoms with Crippen LogP contribution in [0.1, 0.15) is 16.7 Å². The average Bonchev–Trinajstić information content (AvgIpc) is 3.17. The number of nitro groups is 1. The number of aliphatic imine (C=N–C) groups is 1. The third-order valence-electron chi connectivity index (χ3n) is 4.90. The first-order chi connectivity index (χ1) is 15.3. The molecule has 0 aliphatic heterocycles. The molecule has 8 heteroatoms. The third kappa shape index (κ3) is 4.58. The second kappa shape index (κ2) is 9.20. The smallest absolute Gasteiger partial charge is 0.258 e. The Bertz CT molecular complexity index is 1330. The highest BCUT2D eigenvalue weighted by Gasteiger charge is 2.17. The van der Waals surface area contributed by atoms with Crippen LogP contribution in [-0.4, -0.2) is 16.1 Å². The summed E-state index contributed by atoms with van der Waals surface area (Å²) in [4.78, 5) is 20.8. The van der Waals surface area contributed by atoms with Crippen molar-refractivity contribution in [3.63, 3.8) is 0 Å². The molecular weight excluding hydrogens is 465 g/mol. The van der Waals surface area contributed by atoms with Gasteiger partial charge in [0.25, 0.3) is 5.69 Å². The number of nitrogens with zero attached hydrogens (tertiary/aromatic N) is 3. The Hall–Kier alpha value is -3.06. The van der Waals surface area contributed by atoms with Crippen LogP contribution >= 0.6 is 34.5 Å². The van der Waals surface area contributed by atoms with Crippen molar-refractivity contribution in [2.24, 2.45) is 4.99 Å². The van der Waals surface area contributed by atoms with E-state index in [1.807, 2.05) is 26.0 Å². The van der Waals surface area contributed by atoms with E-state index in [0.717, 1.165) is 32.8 Å². The zero-order valence-electron chi connectivity index (χ0n) is 17.2. The normalized spacial score (nSPS) is 11.2. The molecule has 0 aliphatic carbocycles. The minimum Gasteiger partial charge on any atom is -0.258 e. The van der Waals surface area contributed by atoms with Crippen LogP contribution in [0.5, 0.6) is 0 Å². The van der Waals surface area contributed by atoms with Gasteiger partial charge < -0.3 is 0 Å². The van der Waals surface area contributed by atoms with Gasteiger partial charge >= 0.3 is 0 Å². The first-order valence-electron chi connectivity index (χ1n) is 9.65. The van der Waals surface area contributed by atoms with Crippen LogP contribution in [0, 0.1) is 24.0 Å². The summed E-state index contributed by atoms with van der Waals surface area (Å²) in [5.41, 5.74) is 5.50. The van der Waals surface area contributed by atoms with Gasteiger partial charge in [0, 0.05) is 29.5 Å². The predicted octanol–water partition coefficient (Wildman–Crippen LogP) is 8.06. The van der Waals surface area contributed by atoms with E-state index in [1.165, 1.54) is 23.5 Å². The summed E-state index contributed by atoms with van der Waals surface area (Å²) in [7, 11) is 0. The Morgan fingerprint density at radius 1 is 1.03 bits per heavy atom. The van der Waals surface area contributed by atoms with Crippen molar-refractivity contribution in [2.45, 2.75) is 13.8 Å². The molecule has 5 nitrogen and oxygen atoms in total. The van der Waals surface area contributed by atoms with Crippen LogP contribution in [0.4, 0.5) is 10.8 Å². The van der Waals surface area contributed by atoms with Crippen LogP contribution < -0.4 is 0 Å². The maximum absolute atomic E-state index is 11.0. The Morgan fingerprint density at radius 2 is 1.72 bits per heavy atom. The zero-order valence-corrected chi connectivity index (χ0v) is 19.5. The summed E-state index contributed by atoms with van der Waals surface area (Å²) in [5.74, 6) is 0. The van der Waals surface area contributed by atoms with Gasteiger partial charge in [-0.05, 0) is 49.2 Å². The highest BCUT2D eigenvalue weighted by atomic mass is 35.5. The third-order valence-corrected chi connectivity index (χ3v) is 6.57. The van der Waals surface area contributed by atoms with Gasteiger partial charge in [0.05, 0.1) is 25.5 Å². The lowest BCUT2D eigenvalue weighted by Crippen LogP contribution is -1.89. The fourth-order valence-corrected chi connectivity index (χ4v) is 4.74. The minimum absolute atomic E-state index is 0.0398. The second-order valence-corrected chi connectivity index (χ2v) is 8.98. The first-order valence-corrected chi connectivity index (χ1v) is 11.2. The average molecular weight is 482 g/mol. The lowest BCUT2D eigenvalue weighted by Gasteiger charge is -2.07. The molecule has 0 atom stereocenters. The molecular formula is C24H17Cl2N3O2S. The topological polar surface area (TPSA) is 68.4 Å². The minimum atomic E-state index is -0.412. The second-order valence-electron chi connectivity index (χ2n) is 7.19. The maximum Gasteiger partial charge on any atom is 0.269 e. The van der Waals surface area contributed by atoms with Crippen LogP contribution in [-0.2, 0) is 0 Å². The molecule has 4 aromatic rings. The highest BCUT2D eigenvalue weighted by Crippen LogP contribution is 2.41. The fraction of sp³-hybridized carbons (Fsp3) is 0.0833. The molecule has 0 unspecified atom stereocenters. The van der Waals surface area contributed by atoms with Gasteiger partial charge in [0.1, 0.15) is 0 Å². The summed E-state index contributed by atoms with van der Waals surface area (Å²) in [6.45, 7) is 4.08. The Morgan fingerprint density at radius 3 is 2.34 bits per heavy atom. The molecule has 160 valence electrons. The quantitative estimate of drug-likeness (QED) is 0.164. The standard InChI is InChI=1S/C24H17Cl2N3O2S/c1-14-6-11-18(15(2)12-14)22-23(16-7-9-17(10-8-16)29(30)31)32-24(28-22)27-13-19-20(25)4-3-5-21(19)26/h3-13H,1-2H3. The molecule has 0 N–H and O–H groups in total. The SMILES string of the molecule is Cc1ccc(-c2nc(N=Cc3c(Cl)cccc3Cl)sc2-c2ccc([N+](=O)[O-])cc2)c(C)c1. The molecule has 32 heavy (non-hydrogen) atoms. The van der Waals surface area contributed by atoms with Gasteiger partial charge in [-0.15, -0.1) is 0 Å². The number of hydrogen-bond acceptors (Lipinski definition) is 5. The van der Waals surface area contributed by atoms with Crippen LogP contribution in [0.25, 0.3) is 21.7 Å². The predicted molar refractivity (Wildman–Crippen MR) is 133 cm³/mol. The molecule has 1 aromatic heterocycles. The number of aryl methyl sites for hydroxylation is 2. The fourth-order valence-electron chi connectivity index (χ4n) is 3.31. The summed E-state index contributed by atoms with van der Waals surface area (Å²) in [6.07, 6.45) is 1.61. The number of halogens is 2. The zero-order chi connectivity index (χ0) is 22.8. The van der Waals surface area contributed by atoms with Gasteiger partial charge in [-0.1, -0.05) is 64.4 Å². The highest BCUT2D eigenvalue weighted by molar-refractivity contribution is 7.19. The van der Waals surface area contributed by atoms with E-state index in [-0.39, 0.29) is 5.69 Å². The lowest BCUT2D eigenvalue weighted by molar-refractivity contribution is -0.384. The molecule has 0 fully saturated rings. The monoisotopic (exact) mass is 481 g/mol. The van der Waals surface area contributed by atoms with E-state index in [1.54, 1.807) is 36.5 Å². The summed E-state index contributed by atoms with van der Waals surface area (Å²) < 4.78 is 0. The maximum atomic E-state index is 11.0. The molecule has 0 spiro atoms. The Kier molecular flexibility index (Phi) is 6.37. The summed E-state index contributed by atoms with van der Waals surface area (Å²) in [5, 5.41) is 12.6. The number of benzene rings is 3. The number of thiazole rings is 1. The van der Waals surface area contributed by atoms with Crippen molar-refractivity contribution in [3.8, 4) is 21.7 Å². The van der Waals surface area contributed by atoms with Crippen LogP contribution in [0.3, 0.4) is 0 Å². The van der Waals surface area contributed by atoms with E-state index in [4.69, 9.17) is 28.2 Å². The molecule has 0 bridgehead atoms. The number of aromatic nitrogens is 1. The Balaban J connectivity index is 1.83. The van der Waals surface area contributed by atoms with Crippen molar-refractivity contribution in [1.29, 1.82) is 0 Å². The van der Waals surface area contributed by atoms with Crippen molar-refractivity contribution in [1.82, 2.24) is 4.98 Å². The number of non-ortho nitro benzene ring substituents is 1. The summed E-state index contributed by atoms with van der Waals surface area (Å²) >= 11 is 13.9. The molecule has 3 aromatic carbocycles. The van der Waals surface area contributed by atoms with Crippen molar-refractivity contribution in [3.05, 3.63) is 97.5 Å². The molecule has 4 rings (SSSR count). The number of rotatable bonds is 5. The number of nitro benzene ring substituents is 1. The van der Waals surface area contributed by atoms with Gasteiger partial charge in [0.2, 0.25) is 5.13 Å². The summed E-state index contributed by atoms with van der Waals surface area (Å²) in [6, 6.07) is 17.9. The van der Waals surface area contributed by atoms with Gasteiger partial charge in [-0.2, -0.15) is 0 Å².